The number of benzene rings is 1. The van der Waals surface area contributed by atoms with E-state index in [1.165, 1.54) is 5.56 Å². The topological polar surface area (TPSA) is 29.1 Å². The molecule has 1 rings (SSSR count). The molecule has 0 spiro atoms. The first-order chi connectivity index (χ1) is 5.34. The third kappa shape index (κ3) is 2.67. The summed E-state index contributed by atoms with van der Waals surface area (Å²) in [4.78, 5) is 0. The van der Waals surface area contributed by atoms with Crippen LogP contribution in [-0.4, -0.2) is 0 Å². The predicted molar refractivity (Wildman–Crippen MR) is 52.7 cm³/mol. The minimum Gasteiger partial charge on any atom is -0.252 e. The van der Waals surface area contributed by atoms with Gasteiger partial charge >= 0.3 is 0 Å². The Kier molecular flexibility index (Phi) is 3.65. The second kappa shape index (κ2) is 4.56. The highest BCUT2D eigenvalue weighted by Crippen LogP contribution is 2.12. The highest BCUT2D eigenvalue weighted by molar-refractivity contribution is 14.1. The van der Waals surface area contributed by atoms with Gasteiger partial charge in [-0.15, -0.1) is 0 Å². The van der Waals surface area contributed by atoms with E-state index in [1.54, 1.807) is 0 Å². The lowest BCUT2D eigenvalue weighted by Gasteiger charge is -2.06. The Hall–Kier alpha value is -0.290. The molecule has 0 radical (unpaired) electrons. The van der Waals surface area contributed by atoms with Crippen LogP contribution in [-0.2, 0) is 3.07 Å². The molecule has 3 heteroatoms. The summed E-state index contributed by atoms with van der Waals surface area (Å²) in [5.74, 6) is 0. The molecule has 11 heavy (non-hydrogen) atoms. The van der Waals surface area contributed by atoms with Crippen LogP contribution < -0.4 is 3.53 Å². The highest BCUT2D eigenvalue weighted by Gasteiger charge is 2.01. The molecule has 0 aromatic heterocycles. The maximum absolute atomic E-state index is 10.3. The molecule has 0 amide bonds. The zero-order chi connectivity index (χ0) is 8.10. The molecule has 2 nitrogen and oxygen atoms in total. The standard InChI is InChI=1S/C8H10INO/c1-7(10-9-11)8-5-3-2-4-6-8/h2-7H,1H3,(H,10,11)/t7-/m1/s1. The monoisotopic (exact) mass is 263 g/mol. The first kappa shape index (κ1) is 8.80. The van der Waals surface area contributed by atoms with E-state index in [9.17, 15) is 3.07 Å². The van der Waals surface area contributed by atoms with Crippen molar-refractivity contribution >= 4 is 21.5 Å². The second-order valence-electron chi connectivity index (χ2n) is 2.32. The summed E-state index contributed by atoms with van der Waals surface area (Å²) < 4.78 is 13.2. The second-order valence-corrected chi connectivity index (χ2v) is 3.38. The molecule has 0 fully saturated rings. The fraction of sp³-hybridized carbons (Fsp3) is 0.250. The van der Waals surface area contributed by atoms with Crippen molar-refractivity contribution in [2.45, 2.75) is 13.0 Å². The average molecular weight is 263 g/mol. The lowest BCUT2D eigenvalue weighted by atomic mass is 10.1. The highest BCUT2D eigenvalue weighted by atomic mass is 127. The van der Waals surface area contributed by atoms with Crippen molar-refractivity contribution in [3.05, 3.63) is 35.9 Å². The van der Waals surface area contributed by atoms with Crippen molar-refractivity contribution < 1.29 is 3.07 Å². The Morgan fingerprint density at radius 3 is 2.55 bits per heavy atom. The molecule has 0 heterocycles. The zero-order valence-electron chi connectivity index (χ0n) is 6.25. The van der Waals surface area contributed by atoms with Crippen molar-refractivity contribution in [3.8, 4) is 0 Å². The van der Waals surface area contributed by atoms with E-state index < -0.39 is 21.5 Å². The first-order valence-corrected chi connectivity index (χ1v) is 5.37. The Bertz CT molecular complexity index is 225. The van der Waals surface area contributed by atoms with Gasteiger partial charge in [-0.1, -0.05) is 30.3 Å². The predicted octanol–water partition coefficient (Wildman–Crippen LogP) is 2.57. The molecule has 1 N–H and O–H groups in total. The van der Waals surface area contributed by atoms with E-state index in [-0.39, 0.29) is 6.04 Å². The Morgan fingerprint density at radius 2 is 2.00 bits per heavy atom. The van der Waals surface area contributed by atoms with E-state index in [2.05, 4.69) is 3.53 Å². The molecule has 0 bridgehead atoms. The number of rotatable bonds is 3. The lowest BCUT2D eigenvalue weighted by molar-refractivity contribution is 0.643. The summed E-state index contributed by atoms with van der Waals surface area (Å²) in [6, 6.07) is 10.2. The van der Waals surface area contributed by atoms with Crippen LogP contribution in [0.5, 0.6) is 0 Å². The Labute approximate surface area is 77.0 Å². The van der Waals surface area contributed by atoms with Crippen LogP contribution in [0.25, 0.3) is 0 Å². The van der Waals surface area contributed by atoms with E-state index >= 15 is 0 Å². The van der Waals surface area contributed by atoms with Crippen LogP contribution in [0.4, 0.5) is 0 Å². The van der Waals surface area contributed by atoms with Crippen molar-refractivity contribution in [1.29, 1.82) is 0 Å². The lowest BCUT2D eigenvalue weighted by Crippen LogP contribution is -2.05. The Balaban J connectivity index is 2.68. The molecule has 0 aliphatic heterocycles. The third-order valence-electron chi connectivity index (χ3n) is 1.51. The summed E-state index contributed by atoms with van der Waals surface area (Å²) in [7, 11) is 0. The number of nitrogens with one attached hydrogen (secondary N) is 1. The van der Waals surface area contributed by atoms with Crippen molar-refractivity contribution in [2.24, 2.45) is 0 Å². The quantitative estimate of drug-likeness (QED) is 0.670. The molecule has 0 saturated heterocycles. The molecular weight excluding hydrogens is 253 g/mol. The van der Waals surface area contributed by atoms with Crippen LogP contribution >= 0.6 is 21.5 Å². The van der Waals surface area contributed by atoms with Crippen molar-refractivity contribution in [2.75, 3.05) is 0 Å². The minimum absolute atomic E-state index is 0.210. The minimum atomic E-state index is -1.06. The fourth-order valence-corrected chi connectivity index (χ4v) is 1.61. The zero-order valence-corrected chi connectivity index (χ0v) is 8.41. The molecule has 1 aromatic carbocycles. The first-order valence-electron chi connectivity index (χ1n) is 3.41. The average Bonchev–Trinajstić information content (AvgIpc) is 2.07. The van der Waals surface area contributed by atoms with Gasteiger partial charge in [-0.05, 0) is 12.5 Å². The van der Waals surface area contributed by atoms with Crippen molar-refractivity contribution in [1.82, 2.24) is 3.53 Å². The molecule has 0 saturated carbocycles. The summed E-state index contributed by atoms with van der Waals surface area (Å²) in [6.07, 6.45) is 0. The summed E-state index contributed by atoms with van der Waals surface area (Å²) in [5.41, 5.74) is 1.18. The molecule has 1 aromatic rings. The van der Waals surface area contributed by atoms with Gasteiger partial charge in [-0.25, -0.2) is 3.53 Å². The largest absolute Gasteiger partial charge is 0.252 e. The van der Waals surface area contributed by atoms with E-state index in [0.29, 0.717) is 0 Å². The molecule has 0 aliphatic rings. The summed E-state index contributed by atoms with van der Waals surface area (Å²) >= 11 is -1.06. The van der Waals surface area contributed by atoms with Crippen LogP contribution in [0.15, 0.2) is 30.3 Å². The van der Waals surface area contributed by atoms with Gasteiger partial charge in [0.25, 0.3) is 0 Å². The normalized spacial score (nSPS) is 12.8. The smallest absolute Gasteiger partial charge is 0.237 e. The van der Waals surface area contributed by atoms with Crippen LogP contribution in [0.2, 0.25) is 0 Å². The van der Waals surface area contributed by atoms with E-state index in [4.69, 9.17) is 0 Å². The SMILES string of the molecule is C[C@@H](NI=O)c1ccccc1. The fourth-order valence-electron chi connectivity index (χ4n) is 0.872. The van der Waals surface area contributed by atoms with Gasteiger partial charge in [0.2, 0.25) is 21.5 Å². The van der Waals surface area contributed by atoms with E-state index in [1.807, 2.05) is 37.3 Å². The van der Waals surface area contributed by atoms with Crippen LogP contribution in [0, 0.1) is 0 Å². The molecule has 60 valence electrons. The van der Waals surface area contributed by atoms with E-state index in [0.717, 1.165) is 0 Å². The maximum Gasteiger partial charge on any atom is 0.237 e. The van der Waals surface area contributed by atoms with Gasteiger partial charge in [0.1, 0.15) is 0 Å². The van der Waals surface area contributed by atoms with Gasteiger partial charge in [-0.3, -0.25) is 3.07 Å². The van der Waals surface area contributed by atoms with Crippen LogP contribution in [0.3, 0.4) is 0 Å². The number of hydrogen-bond donors (Lipinski definition) is 1. The molecular formula is C8H10INO. The molecule has 0 unspecified atom stereocenters. The Morgan fingerprint density at radius 1 is 1.36 bits per heavy atom. The van der Waals surface area contributed by atoms with Crippen LogP contribution in [0.1, 0.15) is 18.5 Å². The maximum atomic E-state index is 10.3. The van der Waals surface area contributed by atoms with Gasteiger partial charge < -0.3 is 0 Å². The third-order valence-corrected chi connectivity index (χ3v) is 2.70. The molecule has 0 aliphatic carbocycles. The van der Waals surface area contributed by atoms with Gasteiger partial charge in [0.15, 0.2) is 0 Å². The number of halogens is 1. The molecule has 1 atom stereocenters. The van der Waals surface area contributed by atoms with Gasteiger partial charge in [-0.2, -0.15) is 0 Å². The summed E-state index contributed by atoms with van der Waals surface area (Å²) in [6.45, 7) is 2.01. The summed E-state index contributed by atoms with van der Waals surface area (Å²) in [5, 5.41) is 0. The number of hydrogen-bond acceptors (Lipinski definition) is 1. The van der Waals surface area contributed by atoms with Gasteiger partial charge in [0.05, 0.1) is 0 Å². The van der Waals surface area contributed by atoms with Crippen molar-refractivity contribution in [3.63, 3.8) is 0 Å². The van der Waals surface area contributed by atoms with Gasteiger partial charge in [0, 0.05) is 6.04 Å².